The van der Waals surface area contributed by atoms with Crippen LogP contribution in [0, 0.1) is 0 Å². The molecule has 0 aromatic rings. The molecule has 1 N–H and O–H groups in total. The van der Waals surface area contributed by atoms with Crippen molar-refractivity contribution in [2.75, 3.05) is 25.1 Å². The highest BCUT2D eigenvalue weighted by Gasteiger charge is 2.33. The van der Waals surface area contributed by atoms with Gasteiger partial charge in [0.25, 0.3) is 0 Å². The van der Waals surface area contributed by atoms with E-state index in [1.807, 2.05) is 0 Å². The average molecular weight is 403 g/mol. The molecule has 0 amide bonds. The molecular formula is C23H48NO2S+. The fraction of sp³-hybridized carbons (Fsp3) is 1.00. The molecule has 2 unspecified atom stereocenters. The van der Waals surface area contributed by atoms with Crippen molar-refractivity contribution in [1.82, 2.24) is 0 Å². The Morgan fingerprint density at radius 3 is 1.48 bits per heavy atom. The number of hydrogen-bond donors (Lipinski definition) is 1. The van der Waals surface area contributed by atoms with Crippen molar-refractivity contribution in [3.05, 3.63) is 0 Å². The van der Waals surface area contributed by atoms with Crippen molar-refractivity contribution < 1.29 is 13.3 Å². The summed E-state index contributed by atoms with van der Waals surface area (Å²) in [4.78, 5) is 1.43. The van der Waals surface area contributed by atoms with Gasteiger partial charge >= 0.3 is 0 Å². The number of hydrogen-bond acceptors (Lipinski definition) is 2. The monoisotopic (exact) mass is 402 g/mol. The molecular weight excluding hydrogens is 354 g/mol. The van der Waals surface area contributed by atoms with E-state index < -0.39 is 9.84 Å². The molecule has 0 saturated carbocycles. The van der Waals surface area contributed by atoms with Gasteiger partial charge in [0.15, 0.2) is 9.84 Å². The van der Waals surface area contributed by atoms with Crippen molar-refractivity contribution in [1.29, 1.82) is 0 Å². The second-order valence-corrected chi connectivity index (χ2v) is 11.2. The zero-order chi connectivity index (χ0) is 19.8. The Hall–Kier alpha value is -0.0900. The first-order valence-electron chi connectivity index (χ1n) is 12.1. The number of sulfone groups is 1. The topological polar surface area (TPSA) is 38.6 Å². The molecule has 1 fully saturated rings. The van der Waals surface area contributed by atoms with E-state index in [-0.39, 0.29) is 0 Å². The minimum absolute atomic E-state index is 0.353. The summed E-state index contributed by atoms with van der Waals surface area (Å²) >= 11 is 0. The summed E-state index contributed by atoms with van der Waals surface area (Å²) in [6.45, 7) is 3.42. The SMILES string of the molecule is CCCCCCCCCCCCCCCCCC[NH+](C)C1CCS(=O)(=O)C1. The van der Waals surface area contributed by atoms with Gasteiger partial charge in [-0.05, 0) is 12.8 Å². The Morgan fingerprint density at radius 2 is 1.11 bits per heavy atom. The minimum Gasteiger partial charge on any atom is -0.334 e. The van der Waals surface area contributed by atoms with Crippen LogP contribution in [-0.2, 0) is 9.84 Å². The number of unbranched alkanes of at least 4 members (excludes halogenated alkanes) is 15. The molecule has 27 heavy (non-hydrogen) atoms. The molecule has 2 atom stereocenters. The van der Waals surface area contributed by atoms with Gasteiger partial charge in [-0.15, -0.1) is 0 Å². The van der Waals surface area contributed by atoms with Gasteiger partial charge in [-0.25, -0.2) is 8.42 Å². The quantitative estimate of drug-likeness (QED) is 0.329. The lowest BCUT2D eigenvalue weighted by molar-refractivity contribution is -0.902. The van der Waals surface area contributed by atoms with Crippen molar-refractivity contribution in [3.63, 3.8) is 0 Å². The predicted octanol–water partition coefficient (Wildman–Crippen LogP) is 4.95. The maximum absolute atomic E-state index is 11.6. The standard InChI is InChI=1S/C23H47NO2S/c1-3-4-5-6-7-8-9-10-11-12-13-14-15-16-17-18-20-24(2)23-19-21-27(25,26)22-23/h23H,3-22H2,1-2H3/p+1. The van der Waals surface area contributed by atoms with Crippen molar-refractivity contribution in [2.45, 2.75) is 122 Å². The zero-order valence-corrected chi connectivity index (χ0v) is 19.3. The molecule has 1 saturated heterocycles. The average Bonchev–Trinajstić information content (AvgIpc) is 3.01. The fourth-order valence-corrected chi connectivity index (χ4v) is 6.21. The van der Waals surface area contributed by atoms with E-state index in [4.69, 9.17) is 0 Å². The highest BCUT2D eigenvalue weighted by Crippen LogP contribution is 2.13. The summed E-state index contributed by atoms with van der Waals surface area (Å²) in [5.74, 6) is 0.825. The fourth-order valence-electron chi connectivity index (χ4n) is 4.34. The van der Waals surface area contributed by atoms with E-state index in [0.717, 1.165) is 13.0 Å². The van der Waals surface area contributed by atoms with Crippen LogP contribution >= 0.6 is 0 Å². The lowest BCUT2D eigenvalue weighted by Gasteiger charge is -2.19. The molecule has 0 spiro atoms. The molecule has 0 radical (unpaired) electrons. The molecule has 1 rings (SSSR count). The van der Waals surface area contributed by atoms with Gasteiger partial charge in [0.1, 0.15) is 11.8 Å². The first-order chi connectivity index (χ1) is 13.0. The van der Waals surface area contributed by atoms with Gasteiger partial charge in [0.2, 0.25) is 0 Å². The van der Waals surface area contributed by atoms with E-state index in [9.17, 15) is 8.42 Å². The smallest absolute Gasteiger partial charge is 0.156 e. The van der Waals surface area contributed by atoms with E-state index in [0.29, 0.717) is 17.5 Å². The summed E-state index contributed by atoms with van der Waals surface area (Å²) in [7, 11) is -0.545. The van der Waals surface area contributed by atoms with Crippen molar-refractivity contribution >= 4 is 9.84 Å². The maximum Gasteiger partial charge on any atom is 0.156 e. The summed E-state index contributed by atoms with van der Waals surface area (Å²) < 4.78 is 23.1. The number of nitrogens with one attached hydrogen (secondary N) is 1. The van der Waals surface area contributed by atoms with E-state index in [2.05, 4.69) is 14.0 Å². The summed E-state index contributed by atoms with van der Waals surface area (Å²) in [6, 6.07) is 0.353. The number of rotatable bonds is 18. The van der Waals surface area contributed by atoms with E-state index in [1.165, 1.54) is 108 Å². The van der Waals surface area contributed by atoms with Gasteiger partial charge < -0.3 is 4.90 Å². The van der Waals surface area contributed by atoms with Crippen molar-refractivity contribution in [3.8, 4) is 0 Å². The largest absolute Gasteiger partial charge is 0.334 e. The van der Waals surface area contributed by atoms with Gasteiger partial charge in [0, 0.05) is 6.42 Å². The van der Waals surface area contributed by atoms with Crippen LogP contribution in [0.25, 0.3) is 0 Å². The Kier molecular flexibility index (Phi) is 14.6. The van der Waals surface area contributed by atoms with Gasteiger partial charge in [-0.2, -0.15) is 0 Å². The lowest BCUT2D eigenvalue weighted by atomic mass is 10.0. The van der Waals surface area contributed by atoms with E-state index in [1.54, 1.807) is 0 Å². The molecule has 0 aromatic heterocycles. The van der Waals surface area contributed by atoms with Crippen LogP contribution in [0.1, 0.15) is 116 Å². The Morgan fingerprint density at radius 1 is 0.704 bits per heavy atom. The molecule has 0 aliphatic carbocycles. The highest BCUT2D eigenvalue weighted by molar-refractivity contribution is 7.91. The Labute approximate surface area is 170 Å². The second kappa shape index (κ2) is 15.8. The first-order valence-corrected chi connectivity index (χ1v) is 13.9. The van der Waals surface area contributed by atoms with Crippen LogP contribution in [0.2, 0.25) is 0 Å². The molecule has 1 aliphatic heterocycles. The van der Waals surface area contributed by atoms with Crippen LogP contribution in [0.15, 0.2) is 0 Å². The highest BCUT2D eigenvalue weighted by atomic mass is 32.2. The summed E-state index contributed by atoms with van der Waals surface area (Å²) in [6.07, 6.45) is 23.3. The maximum atomic E-state index is 11.6. The third kappa shape index (κ3) is 13.7. The minimum atomic E-state index is -2.72. The molecule has 162 valence electrons. The van der Waals surface area contributed by atoms with Crippen LogP contribution in [-0.4, -0.2) is 39.6 Å². The third-order valence-corrected chi connectivity index (χ3v) is 8.12. The first kappa shape index (κ1) is 24.9. The van der Waals surface area contributed by atoms with Gasteiger partial charge in [-0.3, -0.25) is 0 Å². The Bertz CT molecular complexity index is 436. The van der Waals surface area contributed by atoms with Crippen LogP contribution in [0.3, 0.4) is 0 Å². The third-order valence-electron chi connectivity index (χ3n) is 6.35. The van der Waals surface area contributed by atoms with Gasteiger partial charge in [0.05, 0.1) is 19.3 Å². The van der Waals surface area contributed by atoms with Crippen LogP contribution < -0.4 is 4.90 Å². The molecule has 4 heteroatoms. The molecule has 1 heterocycles. The van der Waals surface area contributed by atoms with Crippen molar-refractivity contribution in [2.24, 2.45) is 0 Å². The molecule has 0 bridgehead atoms. The summed E-state index contributed by atoms with van der Waals surface area (Å²) in [5.41, 5.74) is 0. The van der Waals surface area contributed by atoms with Gasteiger partial charge in [-0.1, -0.05) is 96.8 Å². The lowest BCUT2D eigenvalue weighted by Crippen LogP contribution is -3.13. The normalized spacial score (nSPS) is 20.1. The Balaban J connectivity index is 1.77. The predicted molar refractivity (Wildman–Crippen MR) is 118 cm³/mol. The molecule has 3 nitrogen and oxygen atoms in total. The summed E-state index contributed by atoms with van der Waals surface area (Å²) in [5, 5.41) is 0. The number of quaternary nitrogens is 1. The molecule has 1 aliphatic rings. The van der Waals surface area contributed by atoms with Crippen LogP contribution in [0.5, 0.6) is 0 Å². The second-order valence-electron chi connectivity index (χ2n) is 9.00. The zero-order valence-electron chi connectivity index (χ0n) is 18.4. The van der Waals surface area contributed by atoms with Crippen LogP contribution in [0.4, 0.5) is 0 Å². The van der Waals surface area contributed by atoms with E-state index >= 15 is 0 Å². The molecule has 0 aromatic carbocycles.